The second-order valence-corrected chi connectivity index (χ2v) is 5.97. The Morgan fingerprint density at radius 2 is 1.88 bits per heavy atom. The second-order valence-electron chi connectivity index (χ2n) is 5.57. The molecule has 0 aliphatic carbocycles. The number of nitrogens with zero attached hydrogens (tertiary/aromatic N) is 3. The normalized spacial score (nSPS) is 10.5. The Morgan fingerprint density at radius 1 is 1.19 bits per heavy atom. The molecule has 0 spiro atoms. The highest BCUT2D eigenvalue weighted by Crippen LogP contribution is 2.19. The standard InChI is InChI=1S/C18H18ClN5O2/c1-26-15-9-5-3-6-12(15)10-21-18(25)16-17(20)24(23-22-16)11-13-7-2-4-8-14(13)19/h2-9H,10-11,20H2,1H3,(H,21,25). The van der Waals surface area contributed by atoms with Gasteiger partial charge in [-0.1, -0.05) is 53.2 Å². The number of hydrogen-bond donors (Lipinski definition) is 2. The Balaban J connectivity index is 1.71. The van der Waals surface area contributed by atoms with E-state index < -0.39 is 5.91 Å². The Hall–Kier alpha value is -3.06. The molecule has 0 saturated carbocycles. The maximum atomic E-state index is 12.4. The molecule has 0 aliphatic rings. The molecule has 0 radical (unpaired) electrons. The molecule has 1 aromatic heterocycles. The third-order valence-corrected chi connectivity index (χ3v) is 4.27. The van der Waals surface area contributed by atoms with Crippen LogP contribution in [0.1, 0.15) is 21.6 Å². The highest BCUT2D eigenvalue weighted by atomic mass is 35.5. The average Bonchev–Trinajstić information content (AvgIpc) is 3.02. The zero-order chi connectivity index (χ0) is 18.5. The fourth-order valence-corrected chi connectivity index (χ4v) is 2.69. The molecule has 2 aromatic carbocycles. The lowest BCUT2D eigenvalue weighted by atomic mass is 10.2. The molecular formula is C18H18ClN5O2. The van der Waals surface area contributed by atoms with E-state index in [0.717, 1.165) is 11.1 Å². The van der Waals surface area contributed by atoms with Gasteiger partial charge in [-0.3, -0.25) is 4.79 Å². The van der Waals surface area contributed by atoms with E-state index in [-0.39, 0.29) is 11.5 Å². The van der Waals surface area contributed by atoms with E-state index in [1.807, 2.05) is 42.5 Å². The summed E-state index contributed by atoms with van der Waals surface area (Å²) in [6.45, 7) is 0.623. The van der Waals surface area contributed by atoms with Crippen molar-refractivity contribution in [2.45, 2.75) is 13.1 Å². The van der Waals surface area contributed by atoms with Crippen molar-refractivity contribution in [3.63, 3.8) is 0 Å². The zero-order valence-corrected chi connectivity index (χ0v) is 14.9. The first-order chi connectivity index (χ1) is 12.6. The molecule has 0 fully saturated rings. The highest BCUT2D eigenvalue weighted by Gasteiger charge is 2.18. The third kappa shape index (κ3) is 3.78. The van der Waals surface area contributed by atoms with E-state index in [4.69, 9.17) is 22.1 Å². The summed E-state index contributed by atoms with van der Waals surface area (Å²) in [6.07, 6.45) is 0. The number of ether oxygens (including phenoxy) is 1. The van der Waals surface area contributed by atoms with Crippen LogP contribution in [0.25, 0.3) is 0 Å². The van der Waals surface area contributed by atoms with Crippen LogP contribution in [0, 0.1) is 0 Å². The van der Waals surface area contributed by atoms with Gasteiger partial charge < -0.3 is 15.8 Å². The molecule has 1 heterocycles. The highest BCUT2D eigenvalue weighted by molar-refractivity contribution is 6.31. The molecule has 0 aliphatic heterocycles. The summed E-state index contributed by atoms with van der Waals surface area (Å²) < 4.78 is 6.71. The fourth-order valence-electron chi connectivity index (χ4n) is 2.50. The van der Waals surface area contributed by atoms with Gasteiger partial charge in [0.2, 0.25) is 0 Å². The summed E-state index contributed by atoms with van der Waals surface area (Å²) >= 11 is 6.15. The summed E-state index contributed by atoms with van der Waals surface area (Å²) in [5.41, 5.74) is 7.80. The molecular weight excluding hydrogens is 354 g/mol. The lowest BCUT2D eigenvalue weighted by molar-refractivity contribution is 0.0946. The lowest BCUT2D eigenvalue weighted by Crippen LogP contribution is -2.24. The zero-order valence-electron chi connectivity index (χ0n) is 14.1. The summed E-state index contributed by atoms with van der Waals surface area (Å²) in [7, 11) is 1.58. The van der Waals surface area contributed by atoms with Crippen LogP contribution in [-0.2, 0) is 13.1 Å². The minimum Gasteiger partial charge on any atom is -0.496 e. The molecule has 3 aromatic rings. The van der Waals surface area contributed by atoms with Gasteiger partial charge in [0, 0.05) is 17.1 Å². The molecule has 1 amide bonds. The van der Waals surface area contributed by atoms with Crippen LogP contribution in [0.2, 0.25) is 5.02 Å². The minimum absolute atomic E-state index is 0.0759. The van der Waals surface area contributed by atoms with E-state index >= 15 is 0 Å². The molecule has 8 heteroatoms. The summed E-state index contributed by atoms with van der Waals surface area (Å²) in [5.74, 6) is 0.476. The smallest absolute Gasteiger partial charge is 0.275 e. The maximum Gasteiger partial charge on any atom is 0.275 e. The molecule has 26 heavy (non-hydrogen) atoms. The topological polar surface area (TPSA) is 95.1 Å². The Kier molecular flexibility index (Phi) is 5.38. The van der Waals surface area contributed by atoms with Crippen LogP contribution in [-0.4, -0.2) is 28.0 Å². The van der Waals surface area contributed by atoms with Gasteiger partial charge in [0.05, 0.1) is 13.7 Å². The average molecular weight is 372 g/mol. The number of amides is 1. The SMILES string of the molecule is COc1ccccc1CNC(=O)c1nnn(Cc2ccccc2Cl)c1N. The van der Waals surface area contributed by atoms with Crippen molar-refractivity contribution in [1.82, 2.24) is 20.3 Å². The van der Waals surface area contributed by atoms with Gasteiger partial charge in [-0.2, -0.15) is 0 Å². The molecule has 0 bridgehead atoms. The first-order valence-corrected chi connectivity index (χ1v) is 8.30. The van der Waals surface area contributed by atoms with Gasteiger partial charge in [-0.25, -0.2) is 4.68 Å². The molecule has 0 saturated heterocycles. The van der Waals surface area contributed by atoms with E-state index in [0.29, 0.717) is 23.9 Å². The minimum atomic E-state index is -0.404. The van der Waals surface area contributed by atoms with Crippen molar-refractivity contribution in [3.05, 3.63) is 70.4 Å². The van der Waals surface area contributed by atoms with E-state index in [2.05, 4.69) is 15.6 Å². The van der Waals surface area contributed by atoms with Gasteiger partial charge in [0.1, 0.15) is 5.75 Å². The van der Waals surface area contributed by atoms with Crippen LogP contribution >= 0.6 is 11.6 Å². The number of nitrogens with one attached hydrogen (secondary N) is 1. The molecule has 3 rings (SSSR count). The summed E-state index contributed by atoms with van der Waals surface area (Å²) in [6, 6.07) is 14.8. The van der Waals surface area contributed by atoms with E-state index in [9.17, 15) is 4.79 Å². The van der Waals surface area contributed by atoms with Crippen molar-refractivity contribution in [1.29, 1.82) is 0 Å². The number of hydrogen-bond acceptors (Lipinski definition) is 5. The third-order valence-electron chi connectivity index (χ3n) is 3.90. The summed E-state index contributed by atoms with van der Waals surface area (Å²) in [5, 5.41) is 11.2. The van der Waals surface area contributed by atoms with E-state index in [1.54, 1.807) is 13.2 Å². The van der Waals surface area contributed by atoms with Gasteiger partial charge in [-0.05, 0) is 17.7 Å². The first kappa shape index (κ1) is 17.8. The van der Waals surface area contributed by atoms with E-state index in [1.165, 1.54) is 4.68 Å². The molecule has 134 valence electrons. The van der Waals surface area contributed by atoms with Crippen LogP contribution in [0.5, 0.6) is 5.75 Å². The van der Waals surface area contributed by atoms with Gasteiger partial charge in [0.15, 0.2) is 11.5 Å². The predicted octanol–water partition coefficient (Wildman–Crippen LogP) is 2.50. The number of rotatable bonds is 6. The second kappa shape index (κ2) is 7.88. The number of carbonyl (C=O) groups is 1. The largest absolute Gasteiger partial charge is 0.496 e. The van der Waals surface area contributed by atoms with Crippen LogP contribution in [0.3, 0.4) is 0 Å². The Bertz CT molecular complexity index is 925. The number of anilines is 1. The fraction of sp³-hybridized carbons (Fsp3) is 0.167. The number of halogens is 1. The Labute approximate surface area is 155 Å². The van der Waals surface area contributed by atoms with Crippen molar-refractivity contribution >= 4 is 23.3 Å². The quantitative estimate of drug-likeness (QED) is 0.694. The maximum absolute atomic E-state index is 12.4. The molecule has 7 nitrogen and oxygen atoms in total. The van der Waals surface area contributed by atoms with Gasteiger partial charge in [-0.15, -0.1) is 5.10 Å². The predicted molar refractivity (Wildman–Crippen MR) is 99.2 cm³/mol. The number of carbonyl (C=O) groups excluding carboxylic acids is 1. The van der Waals surface area contributed by atoms with Crippen LogP contribution < -0.4 is 15.8 Å². The molecule has 3 N–H and O–H groups in total. The number of para-hydroxylation sites is 1. The number of nitrogen functional groups attached to an aromatic ring is 1. The number of methoxy groups -OCH3 is 1. The van der Waals surface area contributed by atoms with Gasteiger partial charge >= 0.3 is 0 Å². The summed E-state index contributed by atoms with van der Waals surface area (Å²) in [4.78, 5) is 12.4. The van der Waals surface area contributed by atoms with Crippen molar-refractivity contribution < 1.29 is 9.53 Å². The lowest BCUT2D eigenvalue weighted by Gasteiger charge is -2.09. The first-order valence-electron chi connectivity index (χ1n) is 7.92. The van der Waals surface area contributed by atoms with Crippen molar-refractivity contribution in [3.8, 4) is 5.75 Å². The number of aromatic nitrogens is 3. The number of nitrogens with two attached hydrogens (primary N) is 1. The van der Waals surface area contributed by atoms with Gasteiger partial charge in [0.25, 0.3) is 5.91 Å². The molecule has 0 atom stereocenters. The number of benzene rings is 2. The Morgan fingerprint density at radius 3 is 2.62 bits per heavy atom. The molecule has 0 unspecified atom stereocenters. The van der Waals surface area contributed by atoms with Crippen molar-refractivity contribution in [2.24, 2.45) is 0 Å². The monoisotopic (exact) mass is 371 g/mol. The van der Waals surface area contributed by atoms with Crippen LogP contribution in [0.15, 0.2) is 48.5 Å². The van der Waals surface area contributed by atoms with Crippen molar-refractivity contribution in [2.75, 3.05) is 12.8 Å². The van der Waals surface area contributed by atoms with Crippen LogP contribution in [0.4, 0.5) is 5.82 Å².